The van der Waals surface area contributed by atoms with Crippen LogP contribution in [0.3, 0.4) is 0 Å². The zero-order valence-electron chi connectivity index (χ0n) is 15.3. The lowest BCUT2D eigenvalue weighted by atomic mass is 9.80. The van der Waals surface area contributed by atoms with Crippen molar-refractivity contribution in [1.29, 1.82) is 0 Å². The summed E-state index contributed by atoms with van der Waals surface area (Å²) in [6, 6.07) is 6.55. The Kier molecular flexibility index (Phi) is 4.10. The molecule has 0 fully saturated rings. The van der Waals surface area contributed by atoms with Gasteiger partial charge in [-0.2, -0.15) is 22.6 Å². The summed E-state index contributed by atoms with van der Waals surface area (Å²) in [5.41, 5.74) is 1.32. The number of fused-ring (bicyclic) bond motifs is 6. The SMILES string of the molecule is O=S(=O)(c1ccc(C(F)(F)F)cc1)N1C2Cc3cccc(F)c3C1c1cn[nH]c1C2. The molecule has 0 radical (unpaired) electrons. The molecule has 2 aliphatic heterocycles. The molecule has 10 heteroatoms. The normalized spacial score (nSPS) is 21.2. The Morgan fingerprint density at radius 3 is 2.50 bits per heavy atom. The van der Waals surface area contributed by atoms with Crippen LogP contribution in [0.4, 0.5) is 17.6 Å². The van der Waals surface area contributed by atoms with E-state index < -0.39 is 39.7 Å². The second kappa shape index (κ2) is 6.39. The fourth-order valence-electron chi connectivity index (χ4n) is 4.43. The number of halogens is 4. The van der Waals surface area contributed by atoms with E-state index >= 15 is 0 Å². The molecule has 2 atom stereocenters. The Labute approximate surface area is 169 Å². The lowest BCUT2D eigenvalue weighted by Crippen LogP contribution is -2.51. The van der Waals surface area contributed by atoms with Crippen molar-refractivity contribution in [3.05, 3.63) is 82.4 Å². The molecule has 3 aromatic rings. The summed E-state index contributed by atoms with van der Waals surface area (Å²) in [6.45, 7) is 0. The Bertz CT molecular complexity index is 1240. The number of rotatable bonds is 2. The van der Waals surface area contributed by atoms with Crippen LogP contribution in [0.15, 0.2) is 53.6 Å². The van der Waals surface area contributed by atoms with Crippen LogP contribution < -0.4 is 0 Å². The predicted molar refractivity (Wildman–Crippen MR) is 98.5 cm³/mol. The highest BCUT2D eigenvalue weighted by Gasteiger charge is 2.48. The predicted octanol–water partition coefficient (Wildman–Crippen LogP) is 3.83. The third-order valence-electron chi connectivity index (χ3n) is 5.73. The van der Waals surface area contributed by atoms with Crippen molar-refractivity contribution in [2.45, 2.75) is 36.0 Å². The van der Waals surface area contributed by atoms with E-state index in [2.05, 4.69) is 10.2 Å². The number of nitrogens with zero attached hydrogens (tertiary/aromatic N) is 2. The smallest absolute Gasteiger partial charge is 0.282 e. The standard InChI is InChI=1S/C20H15F4N3O2S/c21-16-3-1-2-11-8-13-9-17-15(10-25-26-17)19(18(11)16)27(13)30(28,29)14-6-4-12(5-7-14)20(22,23)24/h1-7,10,13,19H,8-9H2,(H,25,26). The van der Waals surface area contributed by atoms with Gasteiger partial charge >= 0.3 is 6.18 Å². The number of aromatic nitrogens is 2. The van der Waals surface area contributed by atoms with Gasteiger partial charge in [0, 0.05) is 29.3 Å². The molecule has 0 saturated heterocycles. The molecule has 30 heavy (non-hydrogen) atoms. The van der Waals surface area contributed by atoms with E-state index in [1.165, 1.54) is 16.6 Å². The van der Waals surface area contributed by atoms with E-state index in [4.69, 9.17) is 0 Å². The molecule has 2 aromatic carbocycles. The molecular formula is C20H15F4N3O2S. The topological polar surface area (TPSA) is 66.1 Å². The summed E-state index contributed by atoms with van der Waals surface area (Å²) in [4.78, 5) is -0.266. The second-order valence-electron chi connectivity index (χ2n) is 7.44. The van der Waals surface area contributed by atoms with Gasteiger partial charge in [-0.15, -0.1) is 0 Å². The molecule has 0 spiro atoms. The first kappa shape index (κ1) is 19.3. The van der Waals surface area contributed by atoms with Crippen LogP contribution in [-0.2, 0) is 29.0 Å². The average Bonchev–Trinajstić information content (AvgIpc) is 3.15. The number of hydrogen-bond donors (Lipinski definition) is 1. The van der Waals surface area contributed by atoms with Gasteiger partial charge in [0.15, 0.2) is 0 Å². The van der Waals surface area contributed by atoms with Crippen molar-refractivity contribution in [3.63, 3.8) is 0 Å². The maximum atomic E-state index is 14.8. The fraction of sp³-hybridized carbons (Fsp3) is 0.250. The summed E-state index contributed by atoms with van der Waals surface area (Å²) in [6.07, 6.45) is -2.45. The number of benzene rings is 2. The van der Waals surface area contributed by atoms with Crippen molar-refractivity contribution >= 4 is 10.0 Å². The van der Waals surface area contributed by atoms with Gasteiger partial charge in [-0.05, 0) is 42.3 Å². The first-order valence-electron chi connectivity index (χ1n) is 9.18. The number of nitrogens with one attached hydrogen (secondary N) is 1. The third kappa shape index (κ3) is 2.78. The maximum Gasteiger partial charge on any atom is 0.416 e. The van der Waals surface area contributed by atoms with E-state index in [9.17, 15) is 26.0 Å². The molecule has 2 aliphatic rings. The lowest BCUT2D eigenvalue weighted by molar-refractivity contribution is -0.137. The first-order chi connectivity index (χ1) is 14.2. The zero-order valence-corrected chi connectivity index (χ0v) is 16.1. The van der Waals surface area contributed by atoms with Crippen LogP contribution >= 0.6 is 0 Å². The summed E-state index contributed by atoms with van der Waals surface area (Å²) < 4.78 is 81.7. The molecule has 0 aliphatic carbocycles. The van der Waals surface area contributed by atoms with Gasteiger partial charge < -0.3 is 0 Å². The molecular weight excluding hydrogens is 422 g/mol. The molecule has 2 bridgehead atoms. The Morgan fingerprint density at radius 1 is 1.07 bits per heavy atom. The van der Waals surface area contributed by atoms with Gasteiger partial charge in [0.1, 0.15) is 5.82 Å². The second-order valence-corrected chi connectivity index (χ2v) is 9.28. The van der Waals surface area contributed by atoms with Gasteiger partial charge in [-0.3, -0.25) is 5.10 Å². The van der Waals surface area contributed by atoms with Gasteiger partial charge in [-0.25, -0.2) is 12.8 Å². The summed E-state index contributed by atoms with van der Waals surface area (Å²) in [5, 5.41) is 6.85. The molecule has 5 rings (SSSR count). The minimum Gasteiger partial charge on any atom is -0.282 e. The monoisotopic (exact) mass is 437 g/mol. The Morgan fingerprint density at radius 2 is 1.80 bits per heavy atom. The number of aromatic amines is 1. The Balaban J connectivity index is 1.66. The van der Waals surface area contributed by atoms with Crippen LogP contribution in [0.2, 0.25) is 0 Å². The van der Waals surface area contributed by atoms with Crippen molar-refractivity contribution in [2.75, 3.05) is 0 Å². The third-order valence-corrected chi connectivity index (χ3v) is 7.66. The number of H-pyrrole nitrogens is 1. The van der Waals surface area contributed by atoms with Crippen LogP contribution in [0.1, 0.15) is 34.0 Å². The zero-order chi connectivity index (χ0) is 21.3. The van der Waals surface area contributed by atoms with Crippen LogP contribution in [0, 0.1) is 5.82 Å². The van der Waals surface area contributed by atoms with Crippen LogP contribution in [-0.4, -0.2) is 29.0 Å². The van der Waals surface area contributed by atoms with Crippen molar-refractivity contribution in [1.82, 2.24) is 14.5 Å². The van der Waals surface area contributed by atoms with E-state index in [1.807, 2.05) is 0 Å². The van der Waals surface area contributed by atoms with Gasteiger partial charge in [0.25, 0.3) is 0 Å². The first-order valence-corrected chi connectivity index (χ1v) is 10.6. The van der Waals surface area contributed by atoms with Crippen molar-refractivity contribution in [2.24, 2.45) is 0 Å². The minimum absolute atomic E-state index is 0.256. The molecule has 156 valence electrons. The van der Waals surface area contributed by atoms with E-state index in [-0.39, 0.29) is 10.5 Å². The highest BCUT2D eigenvalue weighted by atomic mass is 32.2. The van der Waals surface area contributed by atoms with Crippen LogP contribution in [0.25, 0.3) is 0 Å². The lowest BCUT2D eigenvalue weighted by Gasteiger charge is -2.45. The number of hydrogen-bond acceptors (Lipinski definition) is 3. The van der Waals surface area contributed by atoms with E-state index in [1.54, 1.807) is 12.1 Å². The molecule has 0 saturated carbocycles. The van der Waals surface area contributed by atoms with Crippen molar-refractivity contribution < 1.29 is 26.0 Å². The van der Waals surface area contributed by atoms with Gasteiger partial charge in [-0.1, -0.05) is 12.1 Å². The Hall–Kier alpha value is -2.72. The van der Waals surface area contributed by atoms with Gasteiger partial charge in [0.05, 0.1) is 22.7 Å². The maximum absolute atomic E-state index is 14.8. The molecule has 5 nitrogen and oxygen atoms in total. The minimum atomic E-state index is -4.57. The summed E-state index contributed by atoms with van der Waals surface area (Å²) in [5.74, 6) is -0.530. The highest BCUT2D eigenvalue weighted by Crippen LogP contribution is 2.47. The molecule has 1 aromatic heterocycles. The average molecular weight is 437 g/mol. The quantitative estimate of drug-likeness (QED) is 0.620. The fourth-order valence-corrected chi connectivity index (χ4v) is 6.19. The molecule has 0 amide bonds. The van der Waals surface area contributed by atoms with E-state index in [0.29, 0.717) is 18.4 Å². The van der Waals surface area contributed by atoms with Crippen molar-refractivity contribution in [3.8, 4) is 0 Å². The largest absolute Gasteiger partial charge is 0.416 e. The molecule has 1 N–H and O–H groups in total. The summed E-state index contributed by atoms with van der Waals surface area (Å²) >= 11 is 0. The molecule has 2 unspecified atom stereocenters. The molecule has 3 heterocycles. The summed E-state index contributed by atoms with van der Waals surface area (Å²) in [7, 11) is -4.21. The number of sulfonamides is 1. The van der Waals surface area contributed by atoms with Crippen LogP contribution in [0.5, 0.6) is 0 Å². The van der Waals surface area contributed by atoms with E-state index in [0.717, 1.165) is 35.5 Å². The highest BCUT2D eigenvalue weighted by molar-refractivity contribution is 7.89. The number of alkyl halides is 3. The van der Waals surface area contributed by atoms with Gasteiger partial charge in [0.2, 0.25) is 10.0 Å².